The van der Waals surface area contributed by atoms with Crippen LogP contribution in [0.4, 0.5) is 0 Å². The highest BCUT2D eigenvalue weighted by Crippen LogP contribution is 2.41. The molecule has 0 amide bonds. The van der Waals surface area contributed by atoms with Crippen LogP contribution in [-0.2, 0) is 11.4 Å². The average Bonchev–Trinajstić information content (AvgIpc) is 2.36. The van der Waals surface area contributed by atoms with Gasteiger partial charge < -0.3 is 14.3 Å². The number of hydrogen-bond acceptors (Lipinski definition) is 4. The highest BCUT2D eigenvalue weighted by atomic mass is 35.5. The summed E-state index contributed by atoms with van der Waals surface area (Å²) in [5.74, 6) is 1.62. The van der Waals surface area contributed by atoms with Crippen molar-refractivity contribution in [3.63, 3.8) is 0 Å². The Kier molecular flexibility index (Phi) is 5.72. The summed E-state index contributed by atoms with van der Waals surface area (Å²) in [5, 5.41) is 0.687. The van der Waals surface area contributed by atoms with Crippen LogP contribution in [0.15, 0.2) is 6.07 Å². The largest absolute Gasteiger partial charge is 0.493 e. The number of rotatable bonds is 6. The SMILES string of the molecule is CONCc1c(Cl)c(C(C)C)cc(OC)c1OC. The normalized spacial score (nSPS) is 10.8. The average molecular weight is 274 g/mol. The Bertz CT molecular complexity index is 408. The van der Waals surface area contributed by atoms with Crippen molar-refractivity contribution in [1.82, 2.24) is 5.48 Å². The van der Waals surface area contributed by atoms with Gasteiger partial charge in [-0.15, -0.1) is 0 Å². The van der Waals surface area contributed by atoms with Crippen LogP contribution in [0.3, 0.4) is 0 Å². The summed E-state index contributed by atoms with van der Waals surface area (Å²) in [6.07, 6.45) is 0. The van der Waals surface area contributed by atoms with E-state index in [1.807, 2.05) is 6.07 Å². The maximum Gasteiger partial charge on any atom is 0.166 e. The van der Waals surface area contributed by atoms with Crippen LogP contribution < -0.4 is 15.0 Å². The lowest BCUT2D eigenvalue weighted by molar-refractivity contribution is 0.0860. The first-order chi connectivity index (χ1) is 8.56. The molecule has 0 unspecified atom stereocenters. The van der Waals surface area contributed by atoms with Gasteiger partial charge in [0.05, 0.1) is 32.9 Å². The molecule has 0 aliphatic carbocycles. The molecule has 5 heteroatoms. The first kappa shape index (κ1) is 15.1. The number of hydrogen-bond donors (Lipinski definition) is 1. The number of methoxy groups -OCH3 is 2. The molecular weight excluding hydrogens is 254 g/mol. The van der Waals surface area contributed by atoms with Gasteiger partial charge in [-0.3, -0.25) is 0 Å². The lowest BCUT2D eigenvalue weighted by atomic mass is 9.99. The Morgan fingerprint density at radius 3 is 2.33 bits per heavy atom. The van der Waals surface area contributed by atoms with Gasteiger partial charge in [-0.2, -0.15) is 5.48 Å². The molecule has 18 heavy (non-hydrogen) atoms. The van der Waals surface area contributed by atoms with Gasteiger partial charge in [-0.25, -0.2) is 0 Å². The summed E-state index contributed by atoms with van der Waals surface area (Å²) in [4.78, 5) is 4.87. The number of benzene rings is 1. The highest BCUT2D eigenvalue weighted by molar-refractivity contribution is 6.32. The van der Waals surface area contributed by atoms with E-state index in [1.165, 1.54) is 0 Å². The van der Waals surface area contributed by atoms with Crippen LogP contribution in [0.25, 0.3) is 0 Å². The minimum absolute atomic E-state index is 0.304. The second kappa shape index (κ2) is 6.83. The summed E-state index contributed by atoms with van der Waals surface area (Å²) in [6, 6.07) is 1.92. The Hall–Kier alpha value is -0.970. The number of nitrogens with one attached hydrogen (secondary N) is 1. The van der Waals surface area contributed by atoms with E-state index in [9.17, 15) is 0 Å². The fraction of sp³-hybridized carbons (Fsp3) is 0.538. The molecule has 0 bridgehead atoms. The number of hydroxylamine groups is 1. The van der Waals surface area contributed by atoms with Gasteiger partial charge in [0.25, 0.3) is 0 Å². The molecule has 1 N–H and O–H groups in total. The maximum atomic E-state index is 6.42. The Morgan fingerprint density at radius 1 is 1.22 bits per heavy atom. The van der Waals surface area contributed by atoms with Crippen molar-refractivity contribution in [2.75, 3.05) is 21.3 Å². The van der Waals surface area contributed by atoms with E-state index in [2.05, 4.69) is 19.3 Å². The highest BCUT2D eigenvalue weighted by Gasteiger charge is 2.19. The van der Waals surface area contributed by atoms with E-state index >= 15 is 0 Å². The van der Waals surface area contributed by atoms with Crippen molar-refractivity contribution in [3.05, 3.63) is 22.2 Å². The molecule has 1 aromatic rings. The fourth-order valence-electron chi connectivity index (χ4n) is 1.79. The predicted octanol–water partition coefficient (Wildman–Crippen LogP) is 3.13. The van der Waals surface area contributed by atoms with Crippen molar-refractivity contribution in [3.8, 4) is 11.5 Å². The van der Waals surface area contributed by atoms with E-state index in [-0.39, 0.29) is 0 Å². The molecule has 0 aliphatic rings. The molecule has 0 aromatic heterocycles. The lowest BCUT2D eigenvalue weighted by Crippen LogP contribution is -2.13. The molecular formula is C13H20ClNO3. The second-order valence-electron chi connectivity index (χ2n) is 4.17. The Labute approximate surface area is 113 Å². The third-order valence-corrected chi connectivity index (χ3v) is 3.19. The van der Waals surface area contributed by atoms with E-state index in [0.29, 0.717) is 29.0 Å². The van der Waals surface area contributed by atoms with Crippen LogP contribution >= 0.6 is 11.6 Å². The van der Waals surface area contributed by atoms with E-state index in [4.69, 9.17) is 25.9 Å². The van der Waals surface area contributed by atoms with Gasteiger partial charge in [0.1, 0.15) is 0 Å². The molecule has 0 saturated heterocycles. The summed E-state index contributed by atoms with van der Waals surface area (Å²) in [5.41, 5.74) is 4.64. The van der Waals surface area contributed by atoms with Crippen molar-refractivity contribution in [1.29, 1.82) is 0 Å². The third kappa shape index (κ3) is 3.07. The predicted molar refractivity (Wildman–Crippen MR) is 72.5 cm³/mol. The molecule has 4 nitrogen and oxygen atoms in total. The molecule has 1 rings (SSSR count). The molecule has 0 saturated carbocycles. The zero-order valence-corrected chi connectivity index (χ0v) is 12.2. The van der Waals surface area contributed by atoms with Crippen molar-refractivity contribution < 1.29 is 14.3 Å². The first-order valence-corrected chi connectivity index (χ1v) is 6.13. The molecule has 0 radical (unpaired) electrons. The van der Waals surface area contributed by atoms with Crippen LogP contribution in [-0.4, -0.2) is 21.3 Å². The molecule has 0 heterocycles. The maximum absolute atomic E-state index is 6.42. The Morgan fingerprint density at radius 2 is 1.89 bits per heavy atom. The van der Waals surface area contributed by atoms with Gasteiger partial charge in [-0.05, 0) is 17.5 Å². The van der Waals surface area contributed by atoms with E-state index in [1.54, 1.807) is 21.3 Å². The minimum atomic E-state index is 0.304. The van der Waals surface area contributed by atoms with Crippen LogP contribution in [0.2, 0.25) is 5.02 Å². The van der Waals surface area contributed by atoms with E-state index < -0.39 is 0 Å². The second-order valence-corrected chi connectivity index (χ2v) is 4.55. The van der Waals surface area contributed by atoms with E-state index in [0.717, 1.165) is 11.1 Å². The molecule has 102 valence electrons. The van der Waals surface area contributed by atoms with Gasteiger partial charge >= 0.3 is 0 Å². The minimum Gasteiger partial charge on any atom is -0.493 e. The van der Waals surface area contributed by atoms with Crippen LogP contribution in [0.1, 0.15) is 30.9 Å². The topological polar surface area (TPSA) is 39.7 Å². The van der Waals surface area contributed by atoms with Crippen molar-refractivity contribution in [2.45, 2.75) is 26.3 Å². The fourth-order valence-corrected chi connectivity index (χ4v) is 2.22. The summed E-state index contributed by atoms with van der Waals surface area (Å²) in [7, 11) is 4.77. The smallest absolute Gasteiger partial charge is 0.166 e. The molecule has 0 aliphatic heterocycles. The zero-order chi connectivity index (χ0) is 13.7. The standard InChI is InChI=1S/C13H20ClNO3/c1-8(2)9-6-11(16-3)13(17-4)10(12(9)14)7-15-18-5/h6,8,15H,7H2,1-5H3. The van der Waals surface area contributed by atoms with Crippen molar-refractivity contribution >= 4 is 11.6 Å². The first-order valence-electron chi connectivity index (χ1n) is 5.75. The molecule has 0 fully saturated rings. The van der Waals surface area contributed by atoms with Gasteiger partial charge in [0.2, 0.25) is 0 Å². The van der Waals surface area contributed by atoms with Gasteiger partial charge in [-0.1, -0.05) is 25.4 Å². The third-order valence-electron chi connectivity index (χ3n) is 2.74. The Balaban J connectivity index is 3.36. The number of halogens is 1. The van der Waals surface area contributed by atoms with Crippen molar-refractivity contribution in [2.24, 2.45) is 0 Å². The van der Waals surface area contributed by atoms with Gasteiger partial charge in [0, 0.05) is 5.56 Å². The van der Waals surface area contributed by atoms with Crippen LogP contribution in [0, 0.1) is 0 Å². The quantitative estimate of drug-likeness (QED) is 0.809. The zero-order valence-electron chi connectivity index (χ0n) is 11.5. The monoisotopic (exact) mass is 273 g/mol. The van der Waals surface area contributed by atoms with Gasteiger partial charge in [0.15, 0.2) is 11.5 Å². The summed E-state index contributed by atoms with van der Waals surface area (Å²) < 4.78 is 10.7. The molecule has 0 spiro atoms. The molecule has 0 atom stereocenters. The lowest BCUT2D eigenvalue weighted by Gasteiger charge is -2.19. The molecule has 1 aromatic carbocycles. The summed E-state index contributed by atoms with van der Waals surface area (Å²) in [6.45, 7) is 4.62. The summed E-state index contributed by atoms with van der Waals surface area (Å²) >= 11 is 6.42. The van der Waals surface area contributed by atoms with Crippen LogP contribution in [0.5, 0.6) is 11.5 Å². The number of ether oxygens (including phenoxy) is 2.